The molecule has 0 aliphatic carbocycles. The summed E-state index contributed by atoms with van der Waals surface area (Å²) in [6, 6.07) is 9.98. The normalized spacial score (nSPS) is 12.6. The van der Waals surface area contributed by atoms with Crippen molar-refractivity contribution in [3.63, 3.8) is 0 Å². The average Bonchev–Trinajstić information content (AvgIpc) is 1.85. The Morgan fingerprint density at radius 2 is 1.55 bits per heavy atom. The summed E-state index contributed by atoms with van der Waals surface area (Å²) in [5, 5.41) is 0. The maximum atomic E-state index is 5.74. The SMILES string of the molecule is C[PH](C)(C)Oc1ccccc1. The van der Waals surface area contributed by atoms with Crippen molar-refractivity contribution in [2.45, 2.75) is 0 Å². The molecule has 1 nitrogen and oxygen atoms in total. The molecule has 0 aromatic heterocycles. The second kappa shape index (κ2) is 3.23. The molecule has 0 saturated carbocycles. The minimum absolute atomic E-state index is 0.992. The van der Waals surface area contributed by atoms with Crippen LogP contribution < -0.4 is 4.52 Å². The summed E-state index contributed by atoms with van der Waals surface area (Å²) >= 11 is 0. The molecule has 0 bridgehead atoms. The fourth-order valence-corrected chi connectivity index (χ4v) is 1.69. The Morgan fingerprint density at radius 1 is 1.00 bits per heavy atom. The average molecular weight is 170 g/mol. The maximum absolute atomic E-state index is 5.74. The third kappa shape index (κ3) is 3.38. The van der Waals surface area contributed by atoms with Gasteiger partial charge in [-0.3, -0.25) is 0 Å². The van der Waals surface area contributed by atoms with Crippen LogP contribution in [0.4, 0.5) is 0 Å². The molecule has 0 spiro atoms. The van der Waals surface area contributed by atoms with Crippen LogP contribution in [0.2, 0.25) is 0 Å². The molecule has 0 fully saturated rings. The Labute approximate surface area is 68.8 Å². The van der Waals surface area contributed by atoms with Crippen LogP contribution in [0.1, 0.15) is 0 Å². The monoisotopic (exact) mass is 170 g/mol. The van der Waals surface area contributed by atoms with Gasteiger partial charge >= 0.3 is 68.1 Å². The van der Waals surface area contributed by atoms with E-state index in [-0.39, 0.29) is 0 Å². The van der Waals surface area contributed by atoms with Crippen molar-refractivity contribution in [2.75, 3.05) is 20.0 Å². The third-order valence-electron chi connectivity index (χ3n) is 1.17. The molecule has 1 aromatic carbocycles. The van der Waals surface area contributed by atoms with Crippen molar-refractivity contribution in [3.05, 3.63) is 30.3 Å². The molecule has 0 radical (unpaired) electrons. The van der Waals surface area contributed by atoms with E-state index in [0.29, 0.717) is 0 Å². The number of rotatable bonds is 2. The Balaban J connectivity index is 2.66. The molecule has 0 N–H and O–H groups in total. The number of hydrogen-bond acceptors (Lipinski definition) is 1. The van der Waals surface area contributed by atoms with Gasteiger partial charge in [-0.15, -0.1) is 0 Å². The number of para-hydroxylation sites is 1. The van der Waals surface area contributed by atoms with Crippen LogP contribution in [-0.4, -0.2) is 20.0 Å². The van der Waals surface area contributed by atoms with Crippen LogP contribution in [0.5, 0.6) is 5.75 Å². The topological polar surface area (TPSA) is 9.23 Å². The fraction of sp³-hybridized carbons (Fsp3) is 0.333. The molecule has 1 rings (SSSR count). The van der Waals surface area contributed by atoms with E-state index >= 15 is 0 Å². The molecule has 62 valence electrons. The van der Waals surface area contributed by atoms with Gasteiger partial charge in [-0.2, -0.15) is 0 Å². The van der Waals surface area contributed by atoms with Gasteiger partial charge < -0.3 is 0 Å². The first-order chi connectivity index (χ1) is 5.08. The third-order valence-corrected chi connectivity index (χ3v) is 2.02. The Hall–Kier alpha value is -0.550. The molecule has 0 atom stereocenters. The van der Waals surface area contributed by atoms with Gasteiger partial charge in [0.05, 0.1) is 0 Å². The van der Waals surface area contributed by atoms with Crippen molar-refractivity contribution in [3.8, 4) is 5.75 Å². The Kier molecular flexibility index (Phi) is 2.51. The minimum atomic E-state index is -1.40. The molecule has 0 aliphatic heterocycles. The Morgan fingerprint density at radius 3 is 2.00 bits per heavy atom. The van der Waals surface area contributed by atoms with E-state index in [1.54, 1.807) is 0 Å². The molecular formula is C9H15OP. The van der Waals surface area contributed by atoms with E-state index in [2.05, 4.69) is 20.0 Å². The van der Waals surface area contributed by atoms with Crippen LogP contribution in [-0.2, 0) is 0 Å². The summed E-state index contributed by atoms with van der Waals surface area (Å²) in [6.45, 7) is 6.54. The molecule has 0 unspecified atom stereocenters. The first kappa shape index (κ1) is 8.55. The van der Waals surface area contributed by atoms with Gasteiger partial charge in [0.15, 0.2) is 0 Å². The molecule has 0 heterocycles. The zero-order valence-corrected chi connectivity index (χ0v) is 8.29. The summed E-state index contributed by atoms with van der Waals surface area (Å²) in [6.07, 6.45) is 0. The van der Waals surface area contributed by atoms with Crippen LogP contribution in [0, 0.1) is 0 Å². The predicted molar refractivity (Wildman–Crippen MR) is 53.2 cm³/mol. The summed E-state index contributed by atoms with van der Waals surface area (Å²) in [5.41, 5.74) is 0. The quantitative estimate of drug-likeness (QED) is 0.620. The van der Waals surface area contributed by atoms with Gasteiger partial charge in [-0.1, -0.05) is 0 Å². The second-order valence-corrected chi connectivity index (χ2v) is 7.96. The summed E-state index contributed by atoms with van der Waals surface area (Å²) in [7, 11) is -1.40. The van der Waals surface area contributed by atoms with Gasteiger partial charge in [0.25, 0.3) is 0 Å². The van der Waals surface area contributed by atoms with E-state index < -0.39 is 7.49 Å². The predicted octanol–water partition coefficient (Wildman–Crippen LogP) is 2.62. The second-order valence-electron chi connectivity index (χ2n) is 3.53. The van der Waals surface area contributed by atoms with Crippen molar-refractivity contribution < 1.29 is 4.52 Å². The molecule has 11 heavy (non-hydrogen) atoms. The molecule has 2 heteroatoms. The summed E-state index contributed by atoms with van der Waals surface area (Å²) in [5.74, 6) is 0.992. The van der Waals surface area contributed by atoms with Gasteiger partial charge in [-0.25, -0.2) is 0 Å². The van der Waals surface area contributed by atoms with Crippen LogP contribution in [0.3, 0.4) is 0 Å². The van der Waals surface area contributed by atoms with Crippen molar-refractivity contribution in [1.82, 2.24) is 0 Å². The zero-order chi connectivity index (χ0) is 8.32. The van der Waals surface area contributed by atoms with Gasteiger partial charge in [-0.05, 0) is 0 Å². The van der Waals surface area contributed by atoms with Crippen LogP contribution in [0.15, 0.2) is 30.3 Å². The first-order valence-corrected chi connectivity index (χ1v) is 7.23. The van der Waals surface area contributed by atoms with E-state index in [9.17, 15) is 0 Å². The van der Waals surface area contributed by atoms with Crippen molar-refractivity contribution >= 4 is 7.49 Å². The van der Waals surface area contributed by atoms with E-state index in [1.165, 1.54) is 0 Å². The fourth-order valence-electron chi connectivity index (χ4n) is 0.842. The molecule has 0 amide bonds. The number of hydrogen-bond donors (Lipinski definition) is 0. The first-order valence-electron chi connectivity index (χ1n) is 3.82. The van der Waals surface area contributed by atoms with Crippen molar-refractivity contribution in [1.29, 1.82) is 0 Å². The van der Waals surface area contributed by atoms with Gasteiger partial charge in [0.1, 0.15) is 0 Å². The number of benzene rings is 1. The molecular weight excluding hydrogens is 155 g/mol. The molecule has 1 aromatic rings. The molecule has 0 aliphatic rings. The van der Waals surface area contributed by atoms with E-state index in [1.807, 2.05) is 30.3 Å². The van der Waals surface area contributed by atoms with Crippen molar-refractivity contribution in [2.24, 2.45) is 0 Å². The van der Waals surface area contributed by atoms with Crippen LogP contribution in [0.25, 0.3) is 0 Å². The van der Waals surface area contributed by atoms with Gasteiger partial charge in [0, 0.05) is 0 Å². The zero-order valence-electron chi connectivity index (χ0n) is 7.29. The van der Waals surface area contributed by atoms with E-state index in [4.69, 9.17) is 4.52 Å². The molecule has 0 saturated heterocycles. The standard InChI is InChI=1S/C9H15OP/c1-11(2,3)10-9-7-5-4-6-8-9/h4-8,11H,1-3H3. The summed E-state index contributed by atoms with van der Waals surface area (Å²) < 4.78 is 5.74. The van der Waals surface area contributed by atoms with Gasteiger partial charge in [0.2, 0.25) is 0 Å². The van der Waals surface area contributed by atoms with Crippen LogP contribution >= 0.6 is 7.49 Å². The van der Waals surface area contributed by atoms with E-state index in [0.717, 1.165) is 5.75 Å². The summed E-state index contributed by atoms with van der Waals surface area (Å²) in [4.78, 5) is 0. The Bertz CT molecular complexity index is 213.